The fraction of sp³-hybridized carbons (Fsp3) is 0.111. The number of nitrogens with zero attached hydrogens (tertiary/aromatic N) is 2. The highest BCUT2D eigenvalue weighted by Crippen LogP contribution is 2.21. The highest BCUT2D eigenvalue weighted by molar-refractivity contribution is 9.10. The van der Waals surface area contributed by atoms with E-state index in [0.29, 0.717) is 21.7 Å². The Hall–Kier alpha value is -1.76. The lowest BCUT2D eigenvalue weighted by Crippen LogP contribution is -2.15. The molecule has 0 bridgehead atoms. The number of halogens is 1. The molecule has 84 valence electrons. The number of rotatable bonds is 2. The first-order valence-electron chi connectivity index (χ1n) is 4.41. The second-order valence-corrected chi connectivity index (χ2v) is 3.85. The zero-order valence-corrected chi connectivity index (χ0v) is 9.98. The Morgan fingerprint density at radius 2 is 2.44 bits per heavy atom. The highest BCUT2D eigenvalue weighted by atomic mass is 79.9. The molecule has 2 rings (SSSR count). The number of aromatic nitrogens is 2. The van der Waals surface area contributed by atoms with E-state index in [9.17, 15) is 4.79 Å². The molecular weight excluding hydrogens is 276 g/mol. The Morgan fingerprint density at radius 1 is 1.69 bits per heavy atom. The van der Waals surface area contributed by atoms with Crippen LogP contribution in [-0.4, -0.2) is 15.7 Å². The predicted octanol–water partition coefficient (Wildman–Crippen LogP) is 1.61. The van der Waals surface area contributed by atoms with Gasteiger partial charge in [-0.2, -0.15) is 5.10 Å². The number of nitrogens with two attached hydrogens (primary N) is 1. The minimum atomic E-state index is -0.309. The van der Waals surface area contributed by atoms with Crippen LogP contribution in [0.4, 0.5) is 11.5 Å². The normalized spacial score (nSPS) is 10.4. The molecule has 16 heavy (non-hydrogen) atoms. The van der Waals surface area contributed by atoms with Crippen molar-refractivity contribution >= 4 is 33.3 Å². The van der Waals surface area contributed by atoms with Gasteiger partial charge in [0.1, 0.15) is 0 Å². The smallest absolute Gasteiger partial charge is 0.261 e. The van der Waals surface area contributed by atoms with Gasteiger partial charge in [-0.3, -0.25) is 9.48 Å². The molecule has 2 aromatic rings. The number of nitrogens with one attached hydrogen (secondary N) is 1. The van der Waals surface area contributed by atoms with Crippen molar-refractivity contribution in [2.24, 2.45) is 7.05 Å². The molecule has 2 aromatic heterocycles. The van der Waals surface area contributed by atoms with E-state index in [4.69, 9.17) is 10.2 Å². The molecule has 0 aliphatic heterocycles. The molecule has 7 heteroatoms. The maximum absolute atomic E-state index is 11.8. The molecule has 0 fully saturated rings. The van der Waals surface area contributed by atoms with Crippen LogP contribution in [0, 0.1) is 0 Å². The van der Waals surface area contributed by atoms with Gasteiger partial charge in [0.2, 0.25) is 0 Å². The fourth-order valence-corrected chi connectivity index (χ4v) is 1.66. The van der Waals surface area contributed by atoms with Crippen molar-refractivity contribution in [3.8, 4) is 0 Å². The van der Waals surface area contributed by atoms with Crippen LogP contribution >= 0.6 is 15.9 Å². The van der Waals surface area contributed by atoms with Crippen molar-refractivity contribution in [1.82, 2.24) is 9.78 Å². The van der Waals surface area contributed by atoms with Crippen molar-refractivity contribution in [3.05, 3.63) is 28.8 Å². The van der Waals surface area contributed by atoms with Crippen LogP contribution in [0.1, 0.15) is 10.4 Å². The lowest BCUT2D eigenvalue weighted by molar-refractivity contribution is 0.102. The van der Waals surface area contributed by atoms with E-state index in [1.54, 1.807) is 13.1 Å². The minimum absolute atomic E-state index is 0.309. The van der Waals surface area contributed by atoms with Crippen LogP contribution in [-0.2, 0) is 7.05 Å². The summed E-state index contributed by atoms with van der Waals surface area (Å²) >= 11 is 3.13. The third kappa shape index (κ3) is 1.81. The van der Waals surface area contributed by atoms with Gasteiger partial charge in [0.05, 0.1) is 23.7 Å². The van der Waals surface area contributed by atoms with Crippen LogP contribution in [0.25, 0.3) is 0 Å². The van der Waals surface area contributed by atoms with E-state index >= 15 is 0 Å². The number of carbonyl (C=O) groups is 1. The molecule has 6 nitrogen and oxygen atoms in total. The number of hydrogen-bond acceptors (Lipinski definition) is 4. The summed E-state index contributed by atoms with van der Waals surface area (Å²) in [7, 11) is 1.69. The second kappa shape index (κ2) is 4.01. The number of carbonyl (C=O) groups excluding carboxylic acids is 1. The van der Waals surface area contributed by atoms with Gasteiger partial charge in [-0.05, 0) is 22.0 Å². The predicted molar refractivity (Wildman–Crippen MR) is 62.0 cm³/mol. The summed E-state index contributed by atoms with van der Waals surface area (Å²) in [6, 6.07) is 1.56. The molecule has 0 saturated carbocycles. The number of anilines is 2. The maximum atomic E-state index is 11.8. The van der Waals surface area contributed by atoms with E-state index in [2.05, 4.69) is 26.3 Å². The van der Waals surface area contributed by atoms with Crippen molar-refractivity contribution in [1.29, 1.82) is 0 Å². The largest absolute Gasteiger partial charge is 0.457 e. The van der Waals surface area contributed by atoms with E-state index in [1.165, 1.54) is 17.1 Å². The minimum Gasteiger partial charge on any atom is -0.457 e. The summed E-state index contributed by atoms with van der Waals surface area (Å²) in [6.45, 7) is 0. The maximum Gasteiger partial charge on any atom is 0.261 e. The lowest BCUT2D eigenvalue weighted by atomic mass is 10.3. The second-order valence-electron chi connectivity index (χ2n) is 3.13. The molecule has 0 aliphatic rings. The highest BCUT2D eigenvalue weighted by Gasteiger charge is 2.15. The van der Waals surface area contributed by atoms with Gasteiger partial charge < -0.3 is 15.5 Å². The van der Waals surface area contributed by atoms with Crippen LogP contribution < -0.4 is 11.1 Å². The quantitative estimate of drug-likeness (QED) is 0.877. The van der Waals surface area contributed by atoms with Gasteiger partial charge in [-0.1, -0.05) is 0 Å². The van der Waals surface area contributed by atoms with Crippen LogP contribution in [0.15, 0.2) is 27.6 Å². The number of amides is 1. The third-order valence-electron chi connectivity index (χ3n) is 2.06. The standard InChI is InChI=1S/C9H9BrN4O2/c1-14-8(6(11)4-12-14)13-9(15)5-2-3-16-7(5)10/h2-4H,11H2,1H3,(H,13,15). The van der Waals surface area contributed by atoms with E-state index in [0.717, 1.165) is 0 Å². The summed E-state index contributed by atoms with van der Waals surface area (Å²) in [5.41, 5.74) is 6.46. The van der Waals surface area contributed by atoms with E-state index in [-0.39, 0.29) is 5.91 Å². The number of aryl methyl sites for hydroxylation is 1. The van der Waals surface area contributed by atoms with Gasteiger partial charge in [-0.25, -0.2) is 0 Å². The average Bonchev–Trinajstić information content (AvgIpc) is 2.79. The summed E-state index contributed by atoms with van der Waals surface area (Å²) in [4.78, 5) is 11.8. The van der Waals surface area contributed by atoms with Gasteiger partial charge >= 0.3 is 0 Å². The SMILES string of the molecule is Cn1ncc(N)c1NC(=O)c1ccoc1Br. The van der Waals surface area contributed by atoms with Gasteiger partial charge in [-0.15, -0.1) is 0 Å². The zero-order chi connectivity index (χ0) is 11.7. The monoisotopic (exact) mass is 284 g/mol. The number of nitrogen functional groups attached to an aromatic ring is 1. The van der Waals surface area contributed by atoms with E-state index < -0.39 is 0 Å². The van der Waals surface area contributed by atoms with Crippen LogP contribution in [0.5, 0.6) is 0 Å². The first-order chi connectivity index (χ1) is 7.59. The van der Waals surface area contributed by atoms with Crippen LogP contribution in [0.2, 0.25) is 0 Å². The van der Waals surface area contributed by atoms with E-state index in [1.807, 2.05) is 0 Å². The number of furan rings is 1. The zero-order valence-electron chi connectivity index (χ0n) is 8.40. The lowest BCUT2D eigenvalue weighted by Gasteiger charge is -2.05. The van der Waals surface area contributed by atoms with Gasteiger partial charge in [0, 0.05) is 7.05 Å². The summed E-state index contributed by atoms with van der Waals surface area (Å²) in [5, 5.41) is 6.56. The van der Waals surface area contributed by atoms with Crippen molar-refractivity contribution in [2.45, 2.75) is 0 Å². The third-order valence-corrected chi connectivity index (χ3v) is 2.68. The Morgan fingerprint density at radius 3 is 2.94 bits per heavy atom. The van der Waals surface area contributed by atoms with Crippen molar-refractivity contribution < 1.29 is 9.21 Å². The van der Waals surface area contributed by atoms with Gasteiger partial charge in [0.15, 0.2) is 10.5 Å². The molecule has 0 atom stereocenters. The first kappa shape index (κ1) is 10.7. The summed E-state index contributed by atoms with van der Waals surface area (Å²) in [6.07, 6.45) is 2.89. The molecule has 2 heterocycles. The molecule has 3 N–H and O–H groups in total. The summed E-state index contributed by atoms with van der Waals surface area (Å²) in [5.74, 6) is 0.147. The molecular formula is C9H9BrN4O2. The summed E-state index contributed by atoms with van der Waals surface area (Å²) < 4.78 is 6.84. The molecule has 0 spiro atoms. The molecule has 0 aromatic carbocycles. The Kier molecular flexibility index (Phi) is 2.69. The first-order valence-corrected chi connectivity index (χ1v) is 5.20. The topological polar surface area (TPSA) is 86.1 Å². The van der Waals surface area contributed by atoms with Crippen molar-refractivity contribution in [2.75, 3.05) is 11.1 Å². The van der Waals surface area contributed by atoms with Crippen molar-refractivity contribution in [3.63, 3.8) is 0 Å². The van der Waals surface area contributed by atoms with Crippen LogP contribution in [0.3, 0.4) is 0 Å². The molecule has 0 aliphatic carbocycles. The number of hydrogen-bond donors (Lipinski definition) is 2. The van der Waals surface area contributed by atoms with Gasteiger partial charge in [0.25, 0.3) is 5.91 Å². The Bertz CT molecular complexity index is 512. The Labute approximate surface area is 99.5 Å². The molecule has 0 saturated heterocycles. The molecule has 0 unspecified atom stereocenters. The fourth-order valence-electron chi connectivity index (χ4n) is 1.24. The molecule has 1 amide bonds. The average molecular weight is 285 g/mol. The molecule has 0 radical (unpaired) electrons. The Balaban J connectivity index is 2.24.